The van der Waals surface area contributed by atoms with Crippen LogP contribution in [0.2, 0.25) is 0 Å². The molecule has 6 aromatic carbocycles. The Kier molecular flexibility index (Phi) is 8.24. The Morgan fingerprint density at radius 3 is 2.16 bits per heavy atom. The molecule has 1 unspecified atom stereocenters. The van der Waals surface area contributed by atoms with Crippen LogP contribution < -0.4 is 4.90 Å². The van der Waals surface area contributed by atoms with E-state index >= 15 is 0 Å². The van der Waals surface area contributed by atoms with Gasteiger partial charge in [0.05, 0.1) is 6.42 Å². The molecule has 3 heteroatoms. The molecule has 0 spiro atoms. The molecule has 6 aromatic rings. The Hall–Kier alpha value is -5.41. The van der Waals surface area contributed by atoms with Crippen LogP contribution in [0.4, 0.5) is 5.69 Å². The van der Waals surface area contributed by atoms with E-state index in [4.69, 9.17) is 6.58 Å². The zero-order valence-corrected chi connectivity index (χ0v) is 28.8. The van der Waals surface area contributed by atoms with E-state index < -0.39 is 11.4 Å². The van der Waals surface area contributed by atoms with Crippen LogP contribution in [0.1, 0.15) is 49.4 Å². The van der Waals surface area contributed by atoms with E-state index in [9.17, 15) is 9.90 Å². The first-order valence-corrected chi connectivity index (χ1v) is 17.1. The maximum Gasteiger partial charge on any atom is 0.305 e. The predicted octanol–water partition coefficient (Wildman–Crippen LogP) is 11.2. The topological polar surface area (TPSA) is 40.5 Å². The number of fused-ring (bicyclic) bond motifs is 5. The van der Waals surface area contributed by atoms with Crippen LogP contribution in [0.25, 0.3) is 32.3 Å². The Morgan fingerprint density at radius 1 is 0.816 bits per heavy atom. The number of carboxylic acids is 1. The molecule has 0 aliphatic carbocycles. The molecule has 49 heavy (non-hydrogen) atoms. The van der Waals surface area contributed by atoms with Gasteiger partial charge in [0.2, 0.25) is 0 Å². The number of hydrogen-bond acceptors (Lipinski definition) is 2. The standard InChI is InChI=1S/C46H43NO2/c1-31-21-23-35-15-8-10-18-38(35)43(31)46(5,30-33-22-24-34-14-6-7-17-37(34)29-33)32(2)13-12-20-41-45(3,4)44-39-19-11-9-16-36(39)25-26-40(44)47(41)28-27-42(48)49/h6-26,29H,2,27-28,30H2,1,3-5H3,(H,48,49)/b13-12+,41-20+. The second kappa shape index (κ2) is 12.6. The van der Waals surface area contributed by atoms with Gasteiger partial charge >= 0.3 is 5.97 Å². The maximum absolute atomic E-state index is 11.8. The van der Waals surface area contributed by atoms with E-state index in [-0.39, 0.29) is 11.8 Å². The summed E-state index contributed by atoms with van der Waals surface area (Å²) in [7, 11) is 0. The van der Waals surface area contributed by atoms with Crippen molar-refractivity contribution in [1.29, 1.82) is 0 Å². The molecule has 0 radical (unpaired) electrons. The van der Waals surface area contributed by atoms with Crippen molar-refractivity contribution < 1.29 is 9.90 Å². The first kappa shape index (κ1) is 32.2. The fourth-order valence-corrected chi connectivity index (χ4v) is 8.16. The fourth-order valence-electron chi connectivity index (χ4n) is 8.16. The third-order valence-corrected chi connectivity index (χ3v) is 10.6. The Bertz CT molecular complexity index is 2320. The Balaban J connectivity index is 1.32. The summed E-state index contributed by atoms with van der Waals surface area (Å²) in [5.74, 6) is -0.801. The highest BCUT2D eigenvalue weighted by molar-refractivity contribution is 5.95. The van der Waals surface area contributed by atoms with E-state index in [1.54, 1.807) is 0 Å². The first-order valence-electron chi connectivity index (χ1n) is 17.1. The van der Waals surface area contributed by atoms with Gasteiger partial charge in [0.15, 0.2) is 0 Å². The zero-order valence-electron chi connectivity index (χ0n) is 28.8. The SMILES string of the molecule is C=C(/C=C/C=C1/N(CCC(=O)O)c2ccc3ccccc3c2C1(C)C)C(C)(Cc1ccc2ccccc2c1)c1c(C)ccc2ccccc12. The van der Waals surface area contributed by atoms with Crippen molar-refractivity contribution in [3.8, 4) is 0 Å². The second-order valence-corrected chi connectivity index (χ2v) is 14.2. The third kappa shape index (κ3) is 5.74. The molecule has 1 aliphatic heterocycles. The molecule has 0 amide bonds. The van der Waals surface area contributed by atoms with Crippen molar-refractivity contribution in [2.45, 2.75) is 51.4 Å². The van der Waals surface area contributed by atoms with Gasteiger partial charge < -0.3 is 10.0 Å². The molecule has 0 saturated heterocycles. The van der Waals surface area contributed by atoms with E-state index in [0.717, 1.165) is 23.4 Å². The summed E-state index contributed by atoms with van der Waals surface area (Å²) in [5, 5.41) is 17.0. The highest BCUT2D eigenvalue weighted by Gasteiger charge is 2.41. The minimum Gasteiger partial charge on any atom is -0.481 e. The molecule has 0 bridgehead atoms. The van der Waals surface area contributed by atoms with Crippen LogP contribution in [-0.2, 0) is 22.0 Å². The van der Waals surface area contributed by atoms with Crippen LogP contribution in [0, 0.1) is 6.92 Å². The summed E-state index contributed by atoms with van der Waals surface area (Å²) < 4.78 is 0. The van der Waals surface area contributed by atoms with Gasteiger partial charge in [-0.25, -0.2) is 0 Å². The predicted molar refractivity (Wildman–Crippen MR) is 207 cm³/mol. The van der Waals surface area contributed by atoms with E-state index in [1.165, 1.54) is 54.6 Å². The summed E-state index contributed by atoms with van der Waals surface area (Å²) in [5.41, 5.74) is 7.49. The average Bonchev–Trinajstić information content (AvgIpc) is 3.32. The van der Waals surface area contributed by atoms with Crippen molar-refractivity contribution in [3.63, 3.8) is 0 Å². The number of allylic oxidation sites excluding steroid dienone is 5. The molecule has 1 N–H and O–H groups in total. The molecule has 7 rings (SSSR count). The van der Waals surface area contributed by atoms with E-state index in [0.29, 0.717) is 6.54 Å². The molecule has 3 nitrogen and oxygen atoms in total. The molecular weight excluding hydrogens is 599 g/mol. The van der Waals surface area contributed by atoms with Crippen LogP contribution in [0.3, 0.4) is 0 Å². The molecule has 1 heterocycles. The summed E-state index contributed by atoms with van der Waals surface area (Å²) in [6, 6.07) is 41.2. The van der Waals surface area contributed by atoms with Gasteiger partial charge in [-0.2, -0.15) is 0 Å². The van der Waals surface area contributed by atoms with Gasteiger partial charge in [0.25, 0.3) is 0 Å². The lowest BCUT2D eigenvalue weighted by Crippen LogP contribution is -2.28. The smallest absolute Gasteiger partial charge is 0.305 e. The lowest BCUT2D eigenvalue weighted by atomic mass is 9.69. The number of carboxylic acid groups (broad SMARTS) is 1. The summed E-state index contributed by atoms with van der Waals surface area (Å²) >= 11 is 0. The number of hydrogen-bond donors (Lipinski definition) is 1. The first-order chi connectivity index (χ1) is 23.6. The van der Waals surface area contributed by atoms with Crippen LogP contribution >= 0.6 is 0 Å². The molecule has 0 fully saturated rings. The number of benzene rings is 6. The average molecular weight is 642 g/mol. The molecule has 1 aliphatic rings. The van der Waals surface area contributed by atoms with Crippen molar-refractivity contribution >= 4 is 44.0 Å². The van der Waals surface area contributed by atoms with Crippen LogP contribution in [-0.4, -0.2) is 17.6 Å². The maximum atomic E-state index is 11.8. The van der Waals surface area contributed by atoms with Crippen molar-refractivity contribution in [2.75, 3.05) is 11.4 Å². The number of aliphatic carboxylic acids is 1. The monoisotopic (exact) mass is 641 g/mol. The largest absolute Gasteiger partial charge is 0.481 e. The number of nitrogens with zero attached hydrogens (tertiary/aromatic N) is 1. The van der Waals surface area contributed by atoms with Gasteiger partial charge in [-0.05, 0) is 85.6 Å². The number of aryl methyl sites for hydroxylation is 1. The highest BCUT2D eigenvalue weighted by Crippen LogP contribution is 2.51. The lowest BCUT2D eigenvalue weighted by Gasteiger charge is -2.34. The quantitative estimate of drug-likeness (QED) is 0.160. The van der Waals surface area contributed by atoms with Gasteiger partial charge in [0, 0.05) is 28.8 Å². The van der Waals surface area contributed by atoms with Gasteiger partial charge in [-0.3, -0.25) is 4.79 Å². The lowest BCUT2D eigenvalue weighted by molar-refractivity contribution is -0.136. The summed E-state index contributed by atoms with van der Waals surface area (Å²) in [6.45, 7) is 14.2. The van der Waals surface area contributed by atoms with Crippen molar-refractivity contribution in [1.82, 2.24) is 0 Å². The van der Waals surface area contributed by atoms with Crippen molar-refractivity contribution in [3.05, 3.63) is 174 Å². The van der Waals surface area contributed by atoms with Crippen molar-refractivity contribution in [2.24, 2.45) is 0 Å². The number of carbonyl (C=O) groups is 1. The second-order valence-electron chi connectivity index (χ2n) is 14.2. The third-order valence-electron chi connectivity index (χ3n) is 10.6. The molecule has 1 atom stereocenters. The summed E-state index contributed by atoms with van der Waals surface area (Å²) in [4.78, 5) is 14.0. The molecular formula is C46H43NO2. The molecule has 244 valence electrons. The van der Waals surface area contributed by atoms with E-state index in [1.807, 2.05) is 0 Å². The van der Waals surface area contributed by atoms with E-state index in [2.05, 4.69) is 166 Å². The Morgan fingerprint density at radius 2 is 1.43 bits per heavy atom. The highest BCUT2D eigenvalue weighted by atomic mass is 16.4. The normalized spacial score (nSPS) is 16.1. The molecule has 0 aromatic heterocycles. The van der Waals surface area contributed by atoms with Gasteiger partial charge in [-0.1, -0.05) is 149 Å². The fraction of sp³-hybridized carbons (Fsp3) is 0.196. The van der Waals surface area contributed by atoms with Crippen LogP contribution in [0.15, 0.2) is 151 Å². The van der Waals surface area contributed by atoms with Crippen LogP contribution in [0.5, 0.6) is 0 Å². The minimum atomic E-state index is -0.801. The van der Waals surface area contributed by atoms with Gasteiger partial charge in [-0.15, -0.1) is 0 Å². The summed E-state index contributed by atoms with van der Waals surface area (Å²) in [6.07, 6.45) is 7.32. The van der Waals surface area contributed by atoms with Gasteiger partial charge in [0.1, 0.15) is 0 Å². The number of rotatable bonds is 9. The number of anilines is 1. The molecule has 0 saturated carbocycles. The zero-order chi connectivity index (χ0) is 34.3. The Labute approximate surface area is 289 Å². The minimum absolute atomic E-state index is 0.0558.